The summed E-state index contributed by atoms with van der Waals surface area (Å²) < 4.78 is 48.3. The van der Waals surface area contributed by atoms with Gasteiger partial charge in [-0.2, -0.15) is 17.5 Å². The van der Waals surface area contributed by atoms with E-state index in [0.29, 0.717) is 36.8 Å². The molecule has 2 atom stereocenters. The number of amides is 1. The van der Waals surface area contributed by atoms with Gasteiger partial charge in [-0.15, -0.1) is 4.33 Å². The van der Waals surface area contributed by atoms with Crippen molar-refractivity contribution >= 4 is 61.4 Å². The highest BCUT2D eigenvalue weighted by Gasteiger charge is 2.80. The van der Waals surface area contributed by atoms with Crippen LogP contribution in [0.1, 0.15) is 44.5 Å². The second-order valence-electron chi connectivity index (χ2n) is 10.7. The largest absolute Gasteiger partial charge is 0.406 e. The lowest BCUT2D eigenvalue weighted by molar-refractivity contribution is -0.642. The highest BCUT2D eigenvalue weighted by atomic mass is 32.2. The molecule has 2 unspecified atom stereocenters. The van der Waals surface area contributed by atoms with Gasteiger partial charge >= 0.3 is 11.8 Å². The second-order valence-corrected chi connectivity index (χ2v) is 14.0. The molecule has 2 N–H and O–H groups in total. The van der Waals surface area contributed by atoms with Gasteiger partial charge in [0.2, 0.25) is 5.52 Å². The smallest absolute Gasteiger partial charge is 0.312 e. The molecule has 0 aliphatic carbocycles. The Morgan fingerprint density at radius 1 is 1.29 bits per heavy atom. The molecule has 2 spiro atoms. The number of rotatable bonds is 8. The third kappa shape index (κ3) is 4.48. The van der Waals surface area contributed by atoms with Gasteiger partial charge in [-0.05, 0) is 56.0 Å². The van der Waals surface area contributed by atoms with Gasteiger partial charge in [0, 0.05) is 42.1 Å². The Balaban J connectivity index is 1.46. The summed E-state index contributed by atoms with van der Waals surface area (Å²) in [6, 6.07) is 10.1. The van der Waals surface area contributed by atoms with Gasteiger partial charge < -0.3 is 4.74 Å². The van der Waals surface area contributed by atoms with Crippen LogP contribution in [0.5, 0.6) is 5.75 Å². The van der Waals surface area contributed by atoms with Gasteiger partial charge in [0.05, 0.1) is 18.6 Å². The number of thiazole rings is 1. The third-order valence-electron chi connectivity index (χ3n) is 8.26. The van der Waals surface area contributed by atoms with Crippen LogP contribution in [-0.4, -0.2) is 47.8 Å². The molecule has 1 aromatic heterocycles. The van der Waals surface area contributed by atoms with Crippen molar-refractivity contribution in [2.45, 2.75) is 55.0 Å². The van der Waals surface area contributed by atoms with Crippen molar-refractivity contribution in [2.75, 3.05) is 13.1 Å². The molecule has 3 aliphatic heterocycles. The number of aryl methyl sites for hydroxylation is 1. The minimum Gasteiger partial charge on any atom is -0.406 e. The van der Waals surface area contributed by atoms with Crippen LogP contribution in [0.2, 0.25) is 0 Å². The first-order valence-electron chi connectivity index (χ1n) is 13.5. The summed E-state index contributed by atoms with van der Waals surface area (Å²) in [6.07, 6.45) is 7.10. The first kappa shape index (κ1) is 29.3. The van der Waals surface area contributed by atoms with Crippen LogP contribution in [0.3, 0.4) is 0 Å². The summed E-state index contributed by atoms with van der Waals surface area (Å²) in [7, 11) is -2.51. The van der Waals surface area contributed by atoms with Crippen LogP contribution in [-0.2, 0) is 31.3 Å². The number of hydrogen-bond acceptors (Lipinski definition) is 9. The van der Waals surface area contributed by atoms with E-state index in [-0.39, 0.29) is 15.3 Å². The fraction of sp³-hybridized carbons (Fsp3) is 0.357. The van der Waals surface area contributed by atoms with Crippen molar-refractivity contribution in [1.82, 2.24) is 9.38 Å². The Labute approximate surface area is 251 Å². The zero-order valence-electron chi connectivity index (χ0n) is 23.3. The molecule has 6 rings (SSSR count). The van der Waals surface area contributed by atoms with E-state index in [1.54, 1.807) is 17.4 Å². The van der Waals surface area contributed by atoms with Crippen molar-refractivity contribution < 1.29 is 41.7 Å². The topological polar surface area (TPSA) is 126 Å². The molecule has 2 aromatic carbocycles. The molecule has 14 heteroatoms. The second kappa shape index (κ2) is 10.7. The lowest BCUT2D eigenvalue weighted by Crippen LogP contribution is -2.62. The standard InChI is InChI=1S/C28H29N3O8S3/c1-4-12-30-27(32)28(30)11-5-6-13-31(28)22-17-20(42(34,35)36)8-9-23(22)37-26(31)15-18(2)14-25-29(3)21-16-19(41-39-38-33)7-10-24(21)40-25/h7-10,14-17H,4-6,11-13H2,1-3H3/p+2. The Kier molecular flexibility index (Phi) is 7.47. The molecule has 2 fully saturated rings. The lowest BCUT2D eigenvalue weighted by Gasteiger charge is -2.41. The zero-order valence-corrected chi connectivity index (χ0v) is 25.7. The van der Waals surface area contributed by atoms with Gasteiger partial charge in [-0.1, -0.05) is 23.3 Å². The Bertz CT molecular complexity index is 1770. The maximum Gasteiger partial charge on any atom is 0.312 e. The van der Waals surface area contributed by atoms with E-state index in [1.165, 1.54) is 12.1 Å². The quantitative estimate of drug-likeness (QED) is 0.0657. The third-order valence-corrected chi connectivity index (χ3v) is 10.9. The van der Waals surface area contributed by atoms with Gasteiger partial charge in [-0.3, -0.25) is 14.2 Å². The zero-order chi connectivity index (χ0) is 29.9. The summed E-state index contributed by atoms with van der Waals surface area (Å²) in [6.45, 7) is 5.15. The highest BCUT2D eigenvalue weighted by molar-refractivity contribution is 7.94. The van der Waals surface area contributed by atoms with Gasteiger partial charge in [0.15, 0.2) is 11.4 Å². The fourth-order valence-corrected chi connectivity index (χ4v) is 8.46. The summed E-state index contributed by atoms with van der Waals surface area (Å²) in [5.74, 6) is 1.07. The van der Waals surface area contributed by atoms with E-state index in [1.807, 2.05) is 56.1 Å². The van der Waals surface area contributed by atoms with Crippen LogP contribution in [0.15, 0.2) is 63.7 Å². The van der Waals surface area contributed by atoms with E-state index in [0.717, 1.165) is 57.0 Å². The molecule has 0 bridgehead atoms. The number of allylic oxidation sites excluding steroid dienone is 2. The predicted molar refractivity (Wildman–Crippen MR) is 158 cm³/mol. The van der Waals surface area contributed by atoms with E-state index < -0.39 is 15.8 Å². The molecule has 0 radical (unpaired) electrons. The molecule has 222 valence electrons. The number of carbonyl (C=O) groups is 1. The average Bonchev–Trinajstić information content (AvgIpc) is 3.21. The predicted octanol–water partition coefficient (Wildman–Crippen LogP) is 5.18. The number of ether oxygens (including phenoxy) is 1. The van der Waals surface area contributed by atoms with Gasteiger partial charge in [0.1, 0.15) is 16.6 Å². The lowest BCUT2D eigenvalue weighted by atomic mass is 9.96. The van der Waals surface area contributed by atoms with Crippen LogP contribution >= 0.6 is 23.4 Å². The molecule has 3 aliphatic rings. The molecule has 2 saturated heterocycles. The van der Waals surface area contributed by atoms with Crippen LogP contribution < -0.4 is 13.8 Å². The maximum atomic E-state index is 13.6. The van der Waals surface area contributed by atoms with Crippen LogP contribution in [0, 0.1) is 0 Å². The molecular weight excluding hydrogens is 603 g/mol. The van der Waals surface area contributed by atoms with E-state index in [9.17, 15) is 17.8 Å². The number of hydrogen-bond donors (Lipinski definition) is 2. The van der Waals surface area contributed by atoms with E-state index >= 15 is 0 Å². The van der Waals surface area contributed by atoms with E-state index in [4.69, 9.17) is 9.99 Å². The normalized spacial score (nSPS) is 24.7. The number of piperidine rings is 1. The molecule has 11 nitrogen and oxygen atoms in total. The van der Waals surface area contributed by atoms with Crippen LogP contribution in [0.25, 0.3) is 16.3 Å². The van der Waals surface area contributed by atoms with Gasteiger partial charge in [0.25, 0.3) is 20.8 Å². The minimum absolute atomic E-state index is 0.0328. The Morgan fingerprint density at radius 3 is 2.83 bits per heavy atom. The number of benzene rings is 2. The summed E-state index contributed by atoms with van der Waals surface area (Å²) in [5.41, 5.74) is 1.55. The molecule has 0 saturated carbocycles. The van der Waals surface area contributed by atoms with Crippen molar-refractivity contribution in [3.8, 4) is 5.75 Å². The molecule has 1 amide bonds. The monoisotopic (exact) mass is 633 g/mol. The highest BCUT2D eigenvalue weighted by Crippen LogP contribution is 2.60. The minimum atomic E-state index is -4.47. The van der Waals surface area contributed by atoms with Gasteiger partial charge in [-0.25, -0.2) is 5.26 Å². The Morgan fingerprint density at radius 2 is 2.10 bits per heavy atom. The molecule has 3 aromatic rings. The molecule has 42 heavy (non-hydrogen) atoms. The molecule has 4 heterocycles. The average molecular weight is 634 g/mol. The van der Waals surface area contributed by atoms with Crippen molar-refractivity contribution in [3.05, 3.63) is 58.9 Å². The number of fused-ring (bicyclic) bond motifs is 4. The number of carbonyl (C=O) groups excluding carboxylic acids is 1. The summed E-state index contributed by atoms with van der Waals surface area (Å²) in [4.78, 5) is 16.0. The van der Waals surface area contributed by atoms with Crippen molar-refractivity contribution in [2.24, 2.45) is 7.05 Å². The SMILES string of the molecule is CCCN1C(=O)C12CCCC[N+]21C(=CC(C)=Cc2sc3ccc(SOOO)cc3[n+]2C)Oc2ccc(S(=O)(=O)O)cc21. The van der Waals surface area contributed by atoms with Crippen LogP contribution in [0.4, 0.5) is 5.69 Å². The number of nitrogens with zero attached hydrogens (tertiary/aromatic N) is 3. The first-order valence-corrected chi connectivity index (χ1v) is 16.5. The fourth-order valence-electron chi connectivity index (χ4n) is 6.43. The summed E-state index contributed by atoms with van der Waals surface area (Å²) >= 11 is 2.50. The number of aromatic nitrogens is 1. The Hall–Kier alpha value is -2.82. The first-order chi connectivity index (χ1) is 20.1. The number of quaternary nitrogens is 1. The van der Waals surface area contributed by atoms with E-state index in [2.05, 4.69) is 13.9 Å². The van der Waals surface area contributed by atoms with Crippen molar-refractivity contribution in [3.63, 3.8) is 0 Å². The maximum absolute atomic E-state index is 13.6. The van der Waals surface area contributed by atoms with Crippen molar-refractivity contribution in [1.29, 1.82) is 0 Å². The molecular formula is C28H31N3O8S3+2. The summed E-state index contributed by atoms with van der Waals surface area (Å²) in [5, 5.41) is 13.2.